The van der Waals surface area contributed by atoms with Gasteiger partial charge in [-0.15, -0.1) is 11.3 Å². The molecule has 4 aromatic rings. The third kappa shape index (κ3) is 3.98. The van der Waals surface area contributed by atoms with E-state index in [0.717, 1.165) is 64.8 Å². The summed E-state index contributed by atoms with van der Waals surface area (Å²) in [4.78, 5) is 8.76. The minimum Gasteiger partial charge on any atom is -0.497 e. The molecule has 1 aliphatic rings. The van der Waals surface area contributed by atoms with Gasteiger partial charge in [0.25, 0.3) is 0 Å². The average molecular weight is 483 g/mol. The molecule has 0 saturated heterocycles. The van der Waals surface area contributed by atoms with E-state index >= 15 is 0 Å². The number of nitrogens with zero attached hydrogens (tertiary/aromatic N) is 4. The highest BCUT2D eigenvalue weighted by molar-refractivity contribution is 7.10. The number of benzene rings is 1. The molecule has 0 saturated carbocycles. The zero-order valence-electron chi connectivity index (χ0n) is 19.3. The van der Waals surface area contributed by atoms with Crippen molar-refractivity contribution < 1.29 is 9.47 Å². The lowest BCUT2D eigenvalue weighted by atomic mass is 10.1. The van der Waals surface area contributed by atoms with Crippen molar-refractivity contribution in [3.05, 3.63) is 62.1 Å². The van der Waals surface area contributed by atoms with Crippen LogP contribution >= 0.6 is 22.9 Å². The lowest BCUT2D eigenvalue weighted by Crippen LogP contribution is -2.27. The third-order valence-electron chi connectivity index (χ3n) is 5.95. The number of thiophene rings is 1. The van der Waals surface area contributed by atoms with E-state index in [9.17, 15) is 0 Å². The van der Waals surface area contributed by atoms with Gasteiger partial charge in [-0.25, -0.2) is 4.98 Å². The molecule has 6 nitrogen and oxygen atoms in total. The van der Waals surface area contributed by atoms with Crippen LogP contribution in [0.2, 0.25) is 5.02 Å². The van der Waals surface area contributed by atoms with Crippen molar-refractivity contribution in [2.45, 2.75) is 47.0 Å². The SMILES string of the molecule is CCCN(Cc1cc(C)cs1)c1c2c(nc3c(-c4ccc(OC)cc4Cl)c(C)nn13)COC2. The van der Waals surface area contributed by atoms with Crippen molar-refractivity contribution in [3.8, 4) is 16.9 Å². The van der Waals surface area contributed by atoms with Crippen molar-refractivity contribution in [1.82, 2.24) is 14.6 Å². The molecule has 0 amide bonds. The molecule has 0 spiro atoms. The fourth-order valence-corrected chi connectivity index (χ4v) is 5.65. The Bertz CT molecular complexity index is 1330. The quantitative estimate of drug-likeness (QED) is 0.314. The highest BCUT2D eigenvalue weighted by atomic mass is 35.5. The summed E-state index contributed by atoms with van der Waals surface area (Å²) in [6.45, 7) is 9.17. The Balaban J connectivity index is 1.71. The Labute approximate surface area is 202 Å². The molecule has 0 fully saturated rings. The van der Waals surface area contributed by atoms with Gasteiger partial charge in [0, 0.05) is 22.5 Å². The fourth-order valence-electron chi connectivity index (χ4n) is 4.49. The summed E-state index contributed by atoms with van der Waals surface area (Å²) >= 11 is 8.47. The Morgan fingerprint density at radius 2 is 2.09 bits per heavy atom. The van der Waals surface area contributed by atoms with E-state index in [1.54, 1.807) is 18.4 Å². The summed E-state index contributed by atoms with van der Waals surface area (Å²) in [7, 11) is 1.64. The van der Waals surface area contributed by atoms with E-state index in [1.165, 1.54) is 10.4 Å². The molecule has 0 N–H and O–H groups in total. The standard InChI is InChI=1S/C25H27ClN4O2S/c1-5-8-29(11-18-9-15(2)14-33-18)25-20-12-32-13-22(20)27-24-23(16(3)28-30(24)25)19-7-6-17(31-4)10-21(19)26/h6-7,9-10,14H,5,8,11-13H2,1-4H3. The van der Waals surface area contributed by atoms with E-state index in [1.807, 2.05) is 29.6 Å². The summed E-state index contributed by atoms with van der Waals surface area (Å²) in [6, 6.07) is 8.00. The third-order valence-corrected chi connectivity index (χ3v) is 7.30. The maximum Gasteiger partial charge on any atom is 0.165 e. The van der Waals surface area contributed by atoms with Crippen molar-refractivity contribution in [1.29, 1.82) is 0 Å². The van der Waals surface area contributed by atoms with Crippen LogP contribution in [0.15, 0.2) is 29.6 Å². The second kappa shape index (κ2) is 8.97. The lowest BCUT2D eigenvalue weighted by molar-refractivity contribution is 0.133. The Morgan fingerprint density at radius 1 is 1.24 bits per heavy atom. The van der Waals surface area contributed by atoms with Gasteiger partial charge >= 0.3 is 0 Å². The number of ether oxygens (including phenoxy) is 2. The van der Waals surface area contributed by atoms with E-state index in [-0.39, 0.29) is 0 Å². The Hall–Kier alpha value is -2.61. The Morgan fingerprint density at radius 3 is 2.79 bits per heavy atom. The van der Waals surface area contributed by atoms with Gasteiger partial charge in [-0.3, -0.25) is 0 Å². The first-order valence-corrected chi connectivity index (χ1v) is 12.4. The van der Waals surface area contributed by atoms with Gasteiger partial charge in [-0.05, 0) is 55.5 Å². The van der Waals surface area contributed by atoms with Gasteiger partial charge < -0.3 is 14.4 Å². The van der Waals surface area contributed by atoms with E-state index in [0.29, 0.717) is 18.2 Å². The minimum absolute atomic E-state index is 0.511. The summed E-state index contributed by atoms with van der Waals surface area (Å²) in [5.41, 5.74) is 6.95. The van der Waals surface area contributed by atoms with E-state index in [2.05, 4.69) is 30.2 Å². The highest BCUT2D eigenvalue weighted by Gasteiger charge is 2.28. The molecule has 4 heterocycles. The van der Waals surface area contributed by atoms with Crippen molar-refractivity contribution in [2.75, 3.05) is 18.6 Å². The van der Waals surface area contributed by atoms with Gasteiger partial charge in [-0.1, -0.05) is 18.5 Å². The minimum atomic E-state index is 0.511. The summed E-state index contributed by atoms with van der Waals surface area (Å²) < 4.78 is 13.2. The molecule has 0 unspecified atom stereocenters. The molecule has 172 valence electrons. The number of hydrogen-bond acceptors (Lipinski definition) is 6. The molecule has 1 aromatic carbocycles. The Kier molecular flexibility index (Phi) is 6.03. The highest BCUT2D eigenvalue weighted by Crippen LogP contribution is 2.39. The lowest BCUT2D eigenvalue weighted by Gasteiger charge is -2.26. The zero-order valence-corrected chi connectivity index (χ0v) is 20.9. The van der Waals surface area contributed by atoms with Crippen LogP contribution in [0.1, 0.15) is 40.7 Å². The first-order chi connectivity index (χ1) is 16.0. The van der Waals surface area contributed by atoms with Gasteiger partial charge in [-0.2, -0.15) is 9.61 Å². The second-order valence-electron chi connectivity index (χ2n) is 8.41. The van der Waals surface area contributed by atoms with E-state index in [4.69, 9.17) is 31.2 Å². The fraction of sp³-hybridized carbons (Fsp3) is 0.360. The number of fused-ring (bicyclic) bond motifs is 2. The van der Waals surface area contributed by atoms with Crippen molar-refractivity contribution in [2.24, 2.45) is 0 Å². The van der Waals surface area contributed by atoms with E-state index < -0.39 is 0 Å². The normalized spacial score (nSPS) is 13.0. The monoisotopic (exact) mass is 482 g/mol. The van der Waals surface area contributed by atoms with Gasteiger partial charge in [0.05, 0.1) is 48.8 Å². The van der Waals surface area contributed by atoms with Crippen LogP contribution in [0.5, 0.6) is 5.75 Å². The van der Waals surface area contributed by atoms with Crippen LogP contribution in [0.4, 0.5) is 5.82 Å². The first kappa shape index (κ1) is 22.2. The molecular weight excluding hydrogens is 456 g/mol. The van der Waals surface area contributed by atoms with Crippen LogP contribution in [0.25, 0.3) is 16.8 Å². The molecule has 0 atom stereocenters. The number of methoxy groups -OCH3 is 1. The van der Waals surface area contributed by atoms with Crippen molar-refractivity contribution in [3.63, 3.8) is 0 Å². The molecular formula is C25H27ClN4O2S. The number of halogens is 1. The molecule has 0 bridgehead atoms. The van der Waals surface area contributed by atoms with Crippen LogP contribution < -0.4 is 9.64 Å². The maximum absolute atomic E-state index is 6.67. The molecule has 8 heteroatoms. The van der Waals surface area contributed by atoms with Crippen LogP contribution in [0.3, 0.4) is 0 Å². The summed E-state index contributed by atoms with van der Waals surface area (Å²) in [5, 5.41) is 7.79. The molecule has 0 aliphatic carbocycles. The van der Waals surface area contributed by atoms with Gasteiger partial charge in [0.15, 0.2) is 5.65 Å². The van der Waals surface area contributed by atoms with Crippen LogP contribution in [0, 0.1) is 13.8 Å². The molecule has 33 heavy (non-hydrogen) atoms. The zero-order chi connectivity index (χ0) is 23.1. The summed E-state index contributed by atoms with van der Waals surface area (Å²) in [6.07, 6.45) is 1.03. The second-order valence-corrected chi connectivity index (χ2v) is 9.81. The number of rotatable bonds is 7. The number of hydrogen-bond donors (Lipinski definition) is 0. The molecule has 1 aliphatic heterocycles. The first-order valence-electron chi connectivity index (χ1n) is 11.1. The van der Waals surface area contributed by atoms with Gasteiger partial charge in [0.1, 0.15) is 11.6 Å². The maximum atomic E-state index is 6.67. The predicted octanol–water partition coefficient (Wildman–Crippen LogP) is 6.18. The van der Waals surface area contributed by atoms with Crippen LogP contribution in [-0.2, 0) is 24.5 Å². The molecule has 0 radical (unpaired) electrons. The average Bonchev–Trinajstić information content (AvgIpc) is 3.50. The largest absolute Gasteiger partial charge is 0.497 e. The number of aromatic nitrogens is 3. The number of aryl methyl sites for hydroxylation is 2. The smallest absolute Gasteiger partial charge is 0.165 e. The predicted molar refractivity (Wildman–Crippen MR) is 134 cm³/mol. The van der Waals surface area contributed by atoms with Gasteiger partial charge in [0.2, 0.25) is 0 Å². The topological polar surface area (TPSA) is 51.9 Å². The molecule has 5 rings (SSSR count). The summed E-state index contributed by atoms with van der Waals surface area (Å²) in [5.74, 6) is 1.79. The van der Waals surface area contributed by atoms with Crippen molar-refractivity contribution >= 4 is 34.4 Å². The molecule has 3 aromatic heterocycles. The van der Waals surface area contributed by atoms with Crippen LogP contribution in [-0.4, -0.2) is 28.3 Å². The number of anilines is 1.